The SMILES string of the molecule is CCCC[C@]1(C)NC(=O)N([C@@H](C)C(=O)Nc2ccc(C)cc2)C1=O. The Morgan fingerprint density at radius 2 is 1.92 bits per heavy atom. The number of rotatable bonds is 6. The fourth-order valence-electron chi connectivity index (χ4n) is 2.76. The Morgan fingerprint density at radius 3 is 2.50 bits per heavy atom. The topological polar surface area (TPSA) is 78.5 Å². The maximum atomic E-state index is 12.6. The summed E-state index contributed by atoms with van der Waals surface area (Å²) in [6.45, 7) is 7.26. The minimum atomic E-state index is -0.925. The van der Waals surface area contributed by atoms with E-state index in [1.165, 1.54) is 0 Å². The molecule has 2 N–H and O–H groups in total. The van der Waals surface area contributed by atoms with Gasteiger partial charge in [0, 0.05) is 5.69 Å². The van der Waals surface area contributed by atoms with E-state index in [9.17, 15) is 14.4 Å². The molecule has 1 heterocycles. The highest BCUT2D eigenvalue weighted by molar-refractivity contribution is 6.10. The van der Waals surface area contributed by atoms with Crippen LogP contribution in [0.1, 0.15) is 45.6 Å². The molecule has 0 spiro atoms. The van der Waals surface area contributed by atoms with Gasteiger partial charge in [0.15, 0.2) is 0 Å². The van der Waals surface area contributed by atoms with Crippen LogP contribution in [0.15, 0.2) is 24.3 Å². The summed E-state index contributed by atoms with van der Waals surface area (Å²) in [7, 11) is 0. The molecule has 6 heteroatoms. The minimum absolute atomic E-state index is 0.340. The number of aryl methyl sites for hydroxylation is 1. The molecule has 1 saturated heterocycles. The van der Waals surface area contributed by atoms with Crippen LogP contribution < -0.4 is 10.6 Å². The maximum Gasteiger partial charge on any atom is 0.325 e. The van der Waals surface area contributed by atoms with Gasteiger partial charge in [-0.1, -0.05) is 37.5 Å². The average Bonchev–Trinajstić information content (AvgIpc) is 2.76. The van der Waals surface area contributed by atoms with Crippen molar-refractivity contribution >= 4 is 23.5 Å². The van der Waals surface area contributed by atoms with Gasteiger partial charge in [-0.05, 0) is 39.3 Å². The number of amides is 4. The smallest absolute Gasteiger partial charge is 0.324 e. The van der Waals surface area contributed by atoms with Crippen LogP contribution in [0.4, 0.5) is 10.5 Å². The van der Waals surface area contributed by atoms with Gasteiger partial charge < -0.3 is 10.6 Å². The number of urea groups is 1. The fourth-order valence-corrected chi connectivity index (χ4v) is 2.76. The zero-order valence-electron chi connectivity index (χ0n) is 14.7. The summed E-state index contributed by atoms with van der Waals surface area (Å²) in [5, 5.41) is 5.47. The first-order valence-electron chi connectivity index (χ1n) is 8.32. The van der Waals surface area contributed by atoms with Crippen molar-refractivity contribution in [2.75, 3.05) is 5.32 Å². The predicted molar refractivity (Wildman–Crippen MR) is 92.6 cm³/mol. The Morgan fingerprint density at radius 1 is 1.29 bits per heavy atom. The van der Waals surface area contributed by atoms with Crippen molar-refractivity contribution in [3.05, 3.63) is 29.8 Å². The molecule has 6 nitrogen and oxygen atoms in total. The molecule has 1 fully saturated rings. The first kappa shape index (κ1) is 18.0. The number of anilines is 1. The lowest BCUT2D eigenvalue weighted by atomic mass is 9.95. The predicted octanol–water partition coefficient (Wildman–Crippen LogP) is 2.82. The first-order chi connectivity index (χ1) is 11.3. The molecule has 2 atom stereocenters. The molecule has 4 amide bonds. The maximum absolute atomic E-state index is 12.6. The molecule has 0 bridgehead atoms. The molecule has 0 aliphatic carbocycles. The summed E-state index contributed by atoms with van der Waals surface area (Å²) in [6.07, 6.45) is 2.33. The Hall–Kier alpha value is -2.37. The van der Waals surface area contributed by atoms with E-state index in [0.29, 0.717) is 12.1 Å². The number of nitrogens with zero attached hydrogens (tertiary/aromatic N) is 1. The number of hydrogen-bond acceptors (Lipinski definition) is 3. The van der Waals surface area contributed by atoms with Gasteiger partial charge in [-0.25, -0.2) is 9.69 Å². The van der Waals surface area contributed by atoms with Crippen LogP contribution in [0.3, 0.4) is 0 Å². The molecule has 0 unspecified atom stereocenters. The van der Waals surface area contributed by atoms with Crippen molar-refractivity contribution in [2.24, 2.45) is 0 Å². The van der Waals surface area contributed by atoms with Crippen LogP contribution in [0.25, 0.3) is 0 Å². The van der Waals surface area contributed by atoms with Crippen LogP contribution in [-0.2, 0) is 9.59 Å². The zero-order chi connectivity index (χ0) is 17.9. The highest BCUT2D eigenvalue weighted by Gasteiger charge is 2.50. The third-order valence-electron chi connectivity index (χ3n) is 4.41. The standard InChI is InChI=1S/C18H25N3O3/c1-5-6-11-18(4)16(23)21(17(24)20-18)13(3)15(22)19-14-9-7-12(2)8-10-14/h7-10,13H,5-6,11H2,1-4H3,(H,19,22)(H,20,24)/t13-,18-/m0/s1. The Bertz CT molecular complexity index is 641. The number of carbonyl (C=O) groups excluding carboxylic acids is 3. The molecule has 1 aliphatic rings. The normalized spacial score (nSPS) is 21.6. The molecule has 0 saturated carbocycles. The van der Waals surface area contributed by atoms with E-state index >= 15 is 0 Å². The Balaban J connectivity index is 2.09. The number of carbonyl (C=O) groups is 3. The summed E-state index contributed by atoms with van der Waals surface area (Å²) < 4.78 is 0. The lowest BCUT2D eigenvalue weighted by Crippen LogP contribution is -2.48. The van der Waals surface area contributed by atoms with E-state index < -0.39 is 17.6 Å². The second-order valence-corrected chi connectivity index (χ2v) is 6.57. The van der Waals surface area contributed by atoms with Crippen molar-refractivity contribution in [3.8, 4) is 0 Å². The van der Waals surface area contributed by atoms with Gasteiger partial charge in [0.2, 0.25) is 5.91 Å². The lowest BCUT2D eigenvalue weighted by molar-refractivity contribution is -0.136. The van der Waals surface area contributed by atoms with Crippen molar-refractivity contribution in [1.29, 1.82) is 0 Å². The summed E-state index contributed by atoms with van der Waals surface area (Å²) in [6, 6.07) is 5.97. The van der Waals surface area contributed by atoms with Crippen molar-refractivity contribution in [1.82, 2.24) is 10.2 Å². The van der Waals surface area contributed by atoms with E-state index in [0.717, 1.165) is 23.3 Å². The van der Waals surface area contributed by atoms with E-state index in [-0.39, 0.29) is 11.8 Å². The summed E-state index contributed by atoms with van der Waals surface area (Å²) >= 11 is 0. The van der Waals surface area contributed by atoms with E-state index in [2.05, 4.69) is 10.6 Å². The largest absolute Gasteiger partial charge is 0.325 e. The number of benzene rings is 1. The number of imide groups is 1. The number of hydrogen-bond donors (Lipinski definition) is 2. The van der Waals surface area contributed by atoms with Gasteiger partial charge in [-0.2, -0.15) is 0 Å². The third-order valence-corrected chi connectivity index (χ3v) is 4.41. The fraction of sp³-hybridized carbons (Fsp3) is 0.500. The molecule has 2 rings (SSSR count). The lowest BCUT2D eigenvalue weighted by Gasteiger charge is -2.24. The molecule has 24 heavy (non-hydrogen) atoms. The number of nitrogens with one attached hydrogen (secondary N) is 2. The van der Waals surface area contributed by atoms with Crippen LogP contribution in [0, 0.1) is 6.92 Å². The van der Waals surface area contributed by atoms with E-state index in [1.807, 2.05) is 26.0 Å². The molecule has 0 aromatic heterocycles. The summed E-state index contributed by atoms with van der Waals surface area (Å²) in [5.41, 5.74) is 0.797. The van der Waals surface area contributed by atoms with Crippen LogP contribution in [0.2, 0.25) is 0 Å². The van der Waals surface area contributed by atoms with Crippen molar-refractivity contribution in [3.63, 3.8) is 0 Å². The third kappa shape index (κ3) is 3.58. The van der Waals surface area contributed by atoms with Gasteiger partial charge in [-0.3, -0.25) is 9.59 Å². The van der Waals surface area contributed by atoms with Crippen LogP contribution in [0.5, 0.6) is 0 Å². The summed E-state index contributed by atoms with van der Waals surface area (Å²) in [5.74, 6) is -0.727. The summed E-state index contributed by atoms with van der Waals surface area (Å²) in [4.78, 5) is 38.3. The molecule has 1 aromatic carbocycles. The van der Waals surface area contributed by atoms with Gasteiger partial charge in [0.1, 0.15) is 11.6 Å². The molecular formula is C18H25N3O3. The van der Waals surface area contributed by atoms with Crippen molar-refractivity contribution in [2.45, 2.75) is 58.5 Å². The average molecular weight is 331 g/mol. The van der Waals surface area contributed by atoms with Crippen LogP contribution >= 0.6 is 0 Å². The van der Waals surface area contributed by atoms with Gasteiger partial charge >= 0.3 is 6.03 Å². The van der Waals surface area contributed by atoms with Gasteiger partial charge in [0.25, 0.3) is 5.91 Å². The quantitative estimate of drug-likeness (QED) is 0.787. The van der Waals surface area contributed by atoms with Crippen LogP contribution in [-0.4, -0.2) is 34.3 Å². The Labute approximate surface area is 142 Å². The molecule has 0 radical (unpaired) electrons. The highest BCUT2D eigenvalue weighted by atomic mass is 16.2. The molecule has 1 aromatic rings. The highest BCUT2D eigenvalue weighted by Crippen LogP contribution is 2.25. The molecule has 130 valence electrons. The zero-order valence-corrected chi connectivity index (χ0v) is 14.7. The minimum Gasteiger partial charge on any atom is -0.324 e. The second kappa shape index (κ2) is 7.03. The van der Waals surface area contributed by atoms with Gasteiger partial charge in [-0.15, -0.1) is 0 Å². The molecule has 1 aliphatic heterocycles. The van der Waals surface area contributed by atoms with Crippen molar-refractivity contribution < 1.29 is 14.4 Å². The molecular weight excluding hydrogens is 306 g/mol. The van der Waals surface area contributed by atoms with Gasteiger partial charge in [0.05, 0.1) is 0 Å². The first-order valence-corrected chi connectivity index (χ1v) is 8.32. The Kier molecular flexibility index (Phi) is 5.26. The second-order valence-electron chi connectivity index (χ2n) is 6.57. The van der Waals surface area contributed by atoms with E-state index in [1.54, 1.807) is 26.0 Å². The number of unbranched alkanes of at least 4 members (excludes halogenated alkanes) is 1. The van der Waals surface area contributed by atoms with E-state index in [4.69, 9.17) is 0 Å². The monoisotopic (exact) mass is 331 g/mol.